The first-order chi connectivity index (χ1) is 6.79. The standard InChI is InChI=1S/C13H26O2/c1-5-12(4,10-14)13(15)8-6-7-11(2,3)9-13/h14-15H,5-10H2,1-4H3. The van der Waals surface area contributed by atoms with Gasteiger partial charge in [-0.15, -0.1) is 0 Å². The molecule has 90 valence electrons. The van der Waals surface area contributed by atoms with Gasteiger partial charge in [0.15, 0.2) is 0 Å². The van der Waals surface area contributed by atoms with E-state index in [0.29, 0.717) is 0 Å². The summed E-state index contributed by atoms with van der Waals surface area (Å²) in [4.78, 5) is 0. The van der Waals surface area contributed by atoms with Crippen LogP contribution in [0.25, 0.3) is 0 Å². The van der Waals surface area contributed by atoms with Gasteiger partial charge in [0.2, 0.25) is 0 Å². The van der Waals surface area contributed by atoms with Crippen LogP contribution < -0.4 is 0 Å². The summed E-state index contributed by atoms with van der Waals surface area (Å²) in [6.07, 6.45) is 4.72. The second-order valence-electron chi connectivity index (χ2n) is 6.30. The Labute approximate surface area is 93.7 Å². The fraction of sp³-hybridized carbons (Fsp3) is 1.00. The fourth-order valence-corrected chi connectivity index (χ4v) is 2.93. The lowest BCUT2D eigenvalue weighted by atomic mass is 9.59. The Bertz CT molecular complexity index is 219. The number of hydrogen-bond acceptors (Lipinski definition) is 2. The summed E-state index contributed by atoms with van der Waals surface area (Å²) < 4.78 is 0. The van der Waals surface area contributed by atoms with E-state index in [2.05, 4.69) is 20.8 Å². The summed E-state index contributed by atoms with van der Waals surface area (Å²) >= 11 is 0. The molecule has 2 heteroatoms. The quantitative estimate of drug-likeness (QED) is 0.758. The molecule has 0 aliphatic heterocycles. The zero-order valence-electron chi connectivity index (χ0n) is 10.6. The van der Waals surface area contributed by atoms with E-state index < -0.39 is 5.60 Å². The van der Waals surface area contributed by atoms with Crippen molar-refractivity contribution >= 4 is 0 Å². The molecule has 1 rings (SSSR count). The molecular formula is C13H26O2. The van der Waals surface area contributed by atoms with Gasteiger partial charge in [0.05, 0.1) is 12.2 Å². The lowest BCUT2D eigenvalue weighted by molar-refractivity contribution is -0.146. The molecule has 1 saturated carbocycles. The summed E-state index contributed by atoms with van der Waals surface area (Å²) in [7, 11) is 0. The van der Waals surface area contributed by atoms with Crippen molar-refractivity contribution in [1.29, 1.82) is 0 Å². The molecule has 2 N–H and O–H groups in total. The monoisotopic (exact) mass is 214 g/mol. The zero-order chi connectivity index (χ0) is 11.7. The normalized spacial score (nSPS) is 34.8. The van der Waals surface area contributed by atoms with Crippen LogP contribution in [0.15, 0.2) is 0 Å². The SMILES string of the molecule is CCC(C)(CO)C1(O)CCCC(C)(C)C1. The van der Waals surface area contributed by atoms with Gasteiger partial charge < -0.3 is 10.2 Å². The Morgan fingerprint density at radius 3 is 2.27 bits per heavy atom. The molecule has 1 fully saturated rings. The van der Waals surface area contributed by atoms with Crippen LogP contribution in [0.2, 0.25) is 0 Å². The highest BCUT2D eigenvalue weighted by Crippen LogP contribution is 2.50. The summed E-state index contributed by atoms with van der Waals surface area (Å²) in [5, 5.41) is 20.3. The molecule has 0 heterocycles. The number of aliphatic hydroxyl groups excluding tert-OH is 1. The van der Waals surface area contributed by atoms with Gasteiger partial charge in [0, 0.05) is 5.41 Å². The second kappa shape index (κ2) is 4.06. The third-order valence-electron chi connectivity index (χ3n) is 4.47. The van der Waals surface area contributed by atoms with Gasteiger partial charge in [-0.3, -0.25) is 0 Å². The van der Waals surface area contributed by atoms with Crippen molar-refractivity contribution in [1.82, 2.24) is 0 Å². The lowest BCUT2D eigenvalue weighted by Crippen LogP contribution is -2.53. The van der Waals surface area contributed by atoms with E-state index in [4.69, 9.17) is 0 Å². The molecule has 0 aromatic heterocycles. The van der Waals surface area contributed by atoms with Crippen molar-refractivity contribution in [3.05, 3.63) is 0 Å². The minimum absolute atomic E-state index is 0.0794. The van der Waals surface area contributed by atoms with Crippen molar-refractivity contribution in [3.63, 3.8) is 0 Å². The molecule has 15 heavy (non-hydrogen) atoms. The Hall–Kier alpha value is -0.0800. The minimum atomic E-state index is -0.682. The van der Waals surface area contributed by atoms with Crippen molar-refractivity contribution in [2.24, 2.45) is 10.8 Å². The predicted octanol–water partition coefficient (Wildman–Crippen LogP) is 2.73. The van der Waals surface area contributed by atoms with E-state index in [1.54, 1.807) is 0 Å². The summed E-state index contributed by atoms with van der Waals surface area (Å²) in [5.41, 5.74) is -0.818. The Balaban J connectivity index is 2.90. The molecule has 0 spiro atoms. The topological polar surface area (TPSA) is 40.5 Å². The molecule has 2 nitrogen and oxygen atoms in total. The maximum absolute atomic E-state index is 10.8. The molecule has 0 radical (unpaired) electrons. The average Bonchev–Trinajstić information content (AvgIpc) is 2.14. The lowest BCUT2D eigenvalue weighted by Gasteiger charge is -2.51. The number of hydrogen-bond donors (Lipinski definition) is 2. The number of rotatable bonds is 3. The van der Waals surface area contributed by atoms with Gasteiger partial charge in [-0.1, -0.05) is 34.1 Å². The van der Waals surface area contributed by atoms with Gasteiger partial charge >= 0.3 is 0 Å². The first-order valence-corrected chi connectivity index (χ1v) is 6.12. The summed E-state index contributed by atoms with van der Waals surface area (Å²) in [6, 6.07) is 0. The first kappa shape index (κ1) is 13.0. The first-order valence-electron chi connectivity index (χ1n) is 6.12. The fourth-order valence-electron chi connectivity index (χ4n) is 2.93. The average molecular weight is 214 g/mol. The summed E-state index contributed by atoms with van der Waals surface area (Å²) in [5.74, 6) is 0. The number of aliphatic hydroxyl groups is 2. The maximum atomic E-state index is 10.8. The second-order valence-corrected chi connectivity index (χ2v) is 6.30. The van der Waals surface area contributed by atoms with Crippen molar-refractivity contribution < 1.29 is 10.2 Å². The van der Waals surface area contributed by atoms with Crippen molar-refractivity contribution in [3.8, 4) is 0 Å². The van der Waals surface area contributed by atoms with Gasteiger partial charge in [-0.2, -0.15) is 0 Å². The van der Waals surface area contributed by atoms with Crippen molar-refractivity contribution in [2.45, 2.75) is 65.4 Å². The highest BCUT2D eigenvalue weighted by atomic mass is 16.3. The molecular weight excluding hydrogens is 188 g/mol. The van der Waals surface area contributed by atoms with Crippen molar-refractivity contribution in [2.75, 3.05) is 6.61 Å². The highest BCUT2D eigenvalue weighted by Gasteiger charge is 2.49. The molecule has 1 aliphatic rings. The summed E-state index contributed by atoms with van der Waals surface area (Å²) in [6.45, 7) is 8.56. The molecule has 1 aliphatic carbocycles. The van der Waals surface area contributed by atoms with E-state index >= 15 is 0 Å². The zero-order valence-corrected chi connectivity index (χ0v) is 10.6. The maximum Gasteiger partial charge on any atom is 0.0728 e. The van der Waals surface area contributed by atoms with Gasteiger partial charge in [-0.25, -0.2) is 0 Å². The molecule has 0 aromatic rings. The minimum Gasteiger partial charge on any atom is -0.396 e. The van der Waals surface area contributed by atoms with E-state index in [1.807, 2.05) is 6.92 Å². The van der Waals surface area contributed by atoms with Crippen LogP contribution in [-0.4, -0.2) is 22.4 Å². The van der Waals surface area contributed by atoms with Crippen LogP contribution in [0.3, 0.4) is 0 Å². The molecule has 2 unspecified atom stereocenters. The van der Waals surface area contributed by atoms with Crippen LogP contribution in [0.5, 0.6) is 0 Å². The van der Waals surface area contributed by atoms with Gasteiger partial charge in [0.1, 0.15) is 0 Å². The highest BCUT2D eigenvalue weighted by molar-refractivity contribution is 5.00. The molecule has 2 atom stereocenters. The predicted molar refractivity (Wildman–Crippen MR) is 62.7 cm³/mol. The van der Waals surface area contributed by atoms with Crippen LogP contribution in [0.1, 0.15) is 59.8 Å². The molecule has 0 saturated heterocycles. The molecule has 0 bridgehead atoms. The molecule has 0 amide bonds. The molecule has 0 aromatic carbocycles. The van der Waals surface area contributed by atoms with Gasteiger partial charge in [-0.05, 0) is 31.1 Å². The van der Waals surface area contributed by atoms with E-state index in [1.165, 1.54) is 6.42 Å². The Morgan fingerprint density at radius 1 is 1.27 bits per heavy atom. The Kier molecular flexibility index (Phi) is 3.52. The van der Waals surface area contributed by atoms with Crippen LogP contribution in [0.4, 0.5) is 0 Å². The van der Waals surface area contributed by atoms with Crippen LogP contribution >= 0.6 is 0 Å². The third kappa shape index (κ3) is 2.36. The Morgan fingerprint density at radius 2 is 1.87 bits per heavy atom. The largest absolute Gasteiger partial charge is 0.396 e. The van der Waals surface area contributed by atoms with E-state index in [-0.39, 0.29) is 17.4 Å². The van der Waals surface area contributed by atoms with Gasteiger partial charge in [0.25, 0.3) is 0 Å². The smallest absolute Gasteiger partial charge is 0.0728 e. The third-order valence-corrected chi connectivity index (χ3v) is 4.47. The van der Waals surface area contributed by atoms with E-state index in [0.717, 1.165) is 25.7 Å². The van der Waals surface area contributed by atoms with Crippen LogP contribution in [0, 0.1) is 10.8 Å². The van der Waals surface area contributed by atoms with E-state index in [9.17, 15) is 10.2 Å². The van der Waals surface area contributed by atoms with Crippen LogP contribution in [-0.2, 0) is 0 Å².